The molecule has 1 aliphatic heterocycles. The Balaban J connectivity index is 1.89. The highest BCUT2D eigenvalue weighted by Gasteiger charge is 2.24. The molecule has 1 aromatic heterocycles. The van der Waals surface area contributed by atoms with Gasteiger partial charge < -0.3 is 9.73 Å². The van der Waals surface area contributed by atoms with E-state index in [0.29, 0.717) is 19.0 Å². The number of carbonyl (C=O) groups excluding carboxylic acids is 1. The van der Waals surface area contributed by atoms with E-state index in [1.54, 1.807) is 0 Å². The van der Waals surface area contributed by atoms with Gasteiger partial charge in [-0.05, 0) is 0 Å². The lowest BCUT2D eigenvalue weighted by Gasteiger charge is -2.30. The second kappa shape index (κ2) is 6.45. The van der Waals surface area contributed by atoms with Gasteiger partial charge >= 0.3 is 6.01 Å². The van der Waals surface area contributed by atoms with Crippen LogP contribution in [0.4, 0.5) is 6.01 Å². The standard InChI is InChI=1S/C12H18N6O2/c1-8(2)11-16-17-12(20-11)15-10(19)7-18-4-3-14-6-9(18)5-13/h8-9,14H,3-4,6-7H2,1-2H3,(H,15,17,19). The molecule has 0 bridgehead atoms. The van der Waals surface area contributed by atoms with Crippen LogP contribution in [-0.4, -0.2) is 53.2 Å². The van der Waals surface area contributed by atoms with Crippen molar-refractivity contribution in [3.05, 3.63) is 5.89 Å². The monoisotopic (exact) mass is 278 g/mol. The Hall–Kier alpha value is -1.98. The zero-order chi connectivity index (χ0) is 14.5. The van der Waals surface area contributed by atoms with E-state index in [4.69, 9.17) is 9.68 Å². The van der Waals surface area contributed by atoms with Crippen LogP contribution < -0.4 is 10.6 Å². The quantitative estimate of drug-likeness (QED) is 0.793. The van der Waals surface area contributed by atoms with Crippen molar-refractivity contribution in [2.24, 2.45) is 0 Å². The molecule has 0 spiro atoms. The summed E-state index contributed by atoms with van der Waals surface area (Å²) in [7, 11) is 0. The molecule has 0 saturated carbocycles. The van der Waals surface area contributed by atoms with Crippen LogP contribution in [0.25, 0.3) is 0 Å². The smallest absolute Gasteiger partial charge is 0.322 e. The molecule has 1 amide bonds. The van der Waals surface area contributed by atoms with Crippen molar-refractivity contribution in [1.29, 1.82) is 5.26 Å². The third-order valence-corrected chi connectivity index (χ3v) is 3.03. The third-order valence-electron chi connectivity index (χ3n) is 3.03. The van der Waals surface area contributed by atoms with Crippen LogP contribution in [-0.2, 0) is 4.79 Å². The topological polar surface area (TPSA) is 107 Å². The predicted octanol–water partition coefficient (Wildman–Crippen LogP) is -0.0711. The Kier molecular flexibility index (Phi) is 4.65. The number of piperazine rings is 1. The van der Waals surface area contributed by atoms with Crippen molar-refractivity contribution < 1.29 is 9.21 Å². The first-order valence-electron chi connectivity index (χ1n) is 6.57. The summed E-state index contributed by atoms with van der Waals surface area (Å²) >= 11 is 0. The van der Waals surface area contributed by atoms with Crippen LogP contribution in [0.1, 0.15) is 25.7 Å². The Labute approximate surface area is 117 Å². The molecule has 1 unspecified atom stereocenters. The number of anilines is 1. The molecule has 8 heteroatoms. The van der Waals surface area contributed by atoms with Crippen molar-refractivity contribution in [3.8, 4) is 6.07 Å². The van der Waals surface area contributed by atoms with Gasteiger partial charge in [0.2, 0.25) is 11.8 Å². The molecule has 2 heterocycles. The first kappa shape index (κ1) is 14.4. The zero-order valence-corrected chi connectivity index (χ0v) is 11.6. The van der Waals surface area contributed by atoms with E-state index in [9.17, 15) is 4.79 Å². The minimum absolute atomic E-state index is 0.0994. The van der Waals surface area contributed by atoms with Gasteiger partial charge in [0.1, 0.15) is 6.04 Å². The summed E-state index contributed by atoms with van der Waals surface area (Å²) in [6, 6.07) is 1.99. The van der Waals surface area contributed by atoms with Crippen molar-refractivity contribution in [2.75, 3.05) is 31.5 Å². The average Bonchev–Trinajstić information content (AvgIpc) is 2.88. The summed E-state index contributed by atoms with van der Waals surface area (Å²) in [5.74, 6) is 0.341. The Morgan fingerprint density at radius 1 is 1.65 bits per heavy atom. The average molecular weight is 278 g/mol. The van der Waals surface area contributed by atoms with E-state index >= 15 is 0 Å². The Morgan fingerprint density at radius 2 is 2.45 bits per heavy atom. The number of rotatable bonds is 4. The van der Waals surface area contributed by atoms with E-state index in [1.807, 2.05) is 18.7 Å². The molecule has 0 aliphatic carbocycles. The fourth-order valence-corrected chi connectivity index (χ4v) is 1.92. The van der Waals surface area contributed by atoms with Gasteiger partial charge in [0, 0.05) is 25.6 Å². The minimum Gasteiger partial charge on any atom is -0.408 e. The molecule has 1 aliphatic rings. The fourth-order valence-electron chi connectivity index (χ4n) is 1.92. The van der Waals surface area contributed by atoms with E-state index in [-0.39, 0.29) is 30.4 Å². The molecule has 8 nitrogen and oxygen atoms in total. The normalized spacial score (nSPS) is 19.8. The molecule has 0 radical (unpaired) electrons. The largest absolute Gasteiger partial charge is 0.408 e. The first-order chi connectivity index (χ1) is 9.60. The maximum absolute atomic E-state index is 11.9. The van der Waals surface area contributed by atoms with Gasteiger partial charge in [-0.2, -0.15) is 5.26 Å². The number of hydrogen-bond acceptors (Lipinski definition) is 7. The van der Waals surface area contributed by atoms with Crippen LogP contribution in [0, 0.1) is 11.3 Å². The van der Waals surface area contributed by atoms with Crippen LogP contribution >= 0.6 is 0 Å². The zero-order valence-electron chi connectivity index (χ0n) is 11.6. The van der Waals surface area contributed by atoms with Crippen LogP contribution in [0.15, 0.2) is 4.42 Å². The van der Waals surface area contributed by atoms with Gasteiger partial charge in [-0.1, -0.05) is 18.9 Å². The number of nitrogens with one attached hydrogen (secondary N) is 2. The van der Waals surface area contributed by atoms with Crippen molar-refractivity contribution in [1.82, 2.24) is 20.4 Å². The summed E-state index contributed by atoms with van der Waals surface area (Å²) in [6.45, 7) is 5.99. The molecule has 2 N–H and O–H groups in total. The molecule has 2 rings (SSSR count). The van der Waals surface area contributed by atoms with Gasteiger partial charge in [-0.25, -0.2) is 0 Å². The summed E-state index contributed by atoms with van der Waals surface area (Å²) in [5.41, 5.74) is 0. The highest BCUT2D eigenvalue weighted by Crippen LogP contribution is 2.14. The lowest BCUT2D eigenvalue weighted by atomic mass is 10.2. The van der Waals surface area contributed by atoms with E-state index in [0.717, 1.165) is 6.54 Å². The van der Waals surface area contributed by atoms with Crippen LogP contribution in [0.2, 0.25) is 0 Å². The molecule has 0 aromatic carbocycles. The number of nitriles is 1. The van der Waals surface area contributed by atoms with Gasteiger partial charge in [0.15, 0.2) is 0 Å². The molecule has 1 saturated heterocycles. The molecule has 1 atom stereocenters. The van der Waals surface area contributed by atoms with Crippen molar-refractivity contribution in [2.45, 2.75) is 25.8 Å². The maximum Gasteiger partial charge on any atom is 0.322 e. The second-order valence-electron chi connectivity index (χ2n) is 4.97. The molecule has 1 fully saturated rings. The van der Waals surface area contributed by atoms with E-state index < -0.39 is 0 Å². The van der Waals surface area contributed by atoms with E-state index in [2.05, 4.69) is 26.9 Å². The number of aromatic nitrogens is 2. The van der Waals surface area contributed by atoms with Crippen LogP contribution in [0.3, 0.4) is 0 Å². The predicted molar refractivity (Wildman–Crippen MR) is 70.9 cm³/mol. The highest BCUT2D eigenvalue weighted by molar-refractivity contribution is 5.90. The number of amides is 1. The van der Waals surface area contributed by atoms with Crippen molar-refractivity contribution >= 4 is 11.9 Å². The number of nitrogens with zero attached hydrogens (tertiary/aromatic N) is 4. The molecule has 108 valence electrons. The lowest BCUT2D eigenvalue weighted by Crippen LogP contribution is -2.52. The molecule has 20 heavy (non-hydrogen) atoms. The Morgan fingerprint density at radius 3 is 3.10 bits per heavy atom. The summed E-state index contributed by atoms with van der Waals surface area (Å²) in [4.78, 5) is 13.7. The Bertz CT molecular complexity index is 506. The summed E-state index contributed by atoms with van der Waals surface area (Å²) < 4.78 is 5.31. The minimum atomic E-state index is -0.289. The van der Waals surface area contributed by atoms with Gasteiger partial charge in [-0.3, -0.25) is 15.0 Å². The van der Waals surface area contributed by atoms with Gasteiger partial charge in [0.25, 0.3) is 0 Å². The van der Waals surface area contributed by atoms with Gasteiger partial charge in [0.05, 0.1) is 12.6 Å². The fraction of sp³-hybridized carbons (Fsp3) is 0.667. The van der Waals surface area contributed by atoms with Crippen LogP contribution in [0.5, 0.6) is 0 Å². The van der Waals surface area contributed by atoms with Gasteiger partial charge in [-0.15, -0.1) is 5.10 Å². The molecule has 1 aromatic rings. The van der Waals surface area contributed by atoms with Crippen molar-refractivity contribution in [3.63, 3.8) is 0 Å². The second-order valence-corrected chi connectivity index (χ2v) is 4.97. The summed E-state index contributed by atoms with van der Waals surface area (Å²) in [5, 5.41) is 22.3. The number of carbonyl (C=O) groups is 1. The first-order valence-corrected chi connectivity index (χ1v) is 6.57. The SMILES string of the molecule is CC(C)c1nnc(NC(=O)CN2CCNCC2C#N)o1. The summed E-state index contributed by atoms with van der Waals surface area (Å²) in [6.07, 6.45) is 0. The molecular formula is C12H18N6O2. The highest BCUT2D eigenvalue weighted by atomic mass is 16.4. The third kappa shape index (κ3) is 3.53. The molecular weight excluding hydrogens is 260 g/mol. The maximum atomic E-state index is 11.9. The number of hydrogen-bond donors (Lipinski definition) is 2. The lowest BCUT2D eigenvalue weighted by molar-refractivity contribution is -0.117. The van der Waals surface area contributed by atoms with E-state index in [1.165, 1.54) is 0 Å².